The first-order valence-electron chi connectivity index (χ1n) is 10.2. The van der Waals surface area contributed by atoms with E-state index in [2.05, 4.69) is 15.3 Å². The normalized spacial score (nSPS) is 18.8. The van der Waals surface area contributed by atoms with Crippen LogP contribution < -0.4 is 14.8 Å². The molecular formula is C22H22F3N3O4S. The maximum absolute atomic E-state index is 13.1. The van der Waals surface area contributed by atoms with Gasteiger partial charge in [0.25, 0.3) is 0 Å². The molecule has 1 aromatic carbocycles. The molecule has 2 aromatic heterocycles. The van der Waals surface area contributed by atoms with Crippen molar-refractivity contribution in [3.05, 3.63) is 34.8 Å². The largest absolute Gasteiger partial charge is 0.496 e. The van der Waals surface area contributed by atoms with Crippen molar-refractivity contribution < 1.29 is 32.2 Å². The third kappa shape index (κ3) is 4.74. The summed E-state index contributed by atoms with van der Waals surface area (Å²) in [6.07, 6.45) is -3.78. The molecule has 4 rings (SSSR count). The average molecular weight is 481 g/mol. The fourth-order valence-electron chi connectivity index (χ4n) is 3.82. The van der Waals surface area contributed by atoms with Crippen molar-refractivity contribution in [1.82, 2.24) is 15.3 Å². The summed E-state index contributed by atoms with van der Waals surface area (Å²) in [4.78, 5) is 20.3. The number of ether oxygens (including phenoxy) is 3. The second-order valence-electron chi connectivity index (χ2n) is 7.62. The molecule has 3 aromatic rings. The molecule has 1 saturated heterocycles. The molecule has 33 heavy (non-hydrogen) atoms. The highest BCUT2D eigenvalue weighted by atomic mass is 32.1. The SMILES string of the molecule is COC(=O)[C@@H]1C[C@@H](Oc2cc(-c3nc(C(F)(F)F)cs3)nc3c(C)c(OC)ccc23)CCN1. The number of carbonyl (C=O) groups excluding carboxylic acids is 1. The minimum absolute atomic E-state index is 0.133. The van der Waals surface area contributed by atoms with E-state index in [-0.39, 0.29) is 22.8 Å². The zero-order valence-corrected chi connectivity index (χ0v) is 19.0. The van der Waals surface area contributed by atoms with Gasteiger partial charge in [0, 0.05) is 28.8 Å². The van der Waals surface area contributed by atoms with E-state index in [1.54, 1.807) is 18.2 Å². The van der Waals surface area contributed by atoms with Crippen molar-refractivity contribution in [2.45, 2.75) is 38.1 Å². The monoisotopic (exact) mass is 481 g/mol. The average Bonchev–Trinajstić information content (AvgIpc) is 3.30. The lowest BCUT2D eigenvalue weighted by Gasteiger charge is -2.29. The molecule has 11 heteroatoms. The summed E-state index contributed by atoms with van der Waals surface area (Å²) in [5, 5.41) is 4.89. The van der Waals surface area contributed by atoms with Crippen LogP contribution in [0.1, 0.15) is 24.1 Å². The lowest BCUT2D eigenvalue weighted by atomic mass is 10.0. The van der Waals surface area contributed by atoms with Gasteiger partial charge in [-0.25, -0.2) is 9.97 Å². The fourth-order valence-corrected chi connectivity index (χ4v) is 4.61. The fraction of sp³-hybridized carbons (Fsp3) is 0.409. The van der Waals surface area contributed by atoms with Gasteiger partial charge in [0.15, 0.2) is 5.69 Å². The van der Waals surface area contributed by atoms with Gasteiger partial charge in [0.05, 0.1) is 19.7 Å². The third-order valence-corrected chi connectivity index (χ3v) is 6.38. The Bertz CT molecular complexity index is 1180. The minimum atomic E-state index is -4.54. The van der Waals surface area contributed by atoms with Crippen LogP contribution in [0, 0.1) is 6.92 Å². The quantitative estimate of drug-likeness (QED) is 0.542. The molecule has 1 N–H and O–H groups in total. The molecular weight excluding hydrogens is 459 g/mol. The van der Waals surface area contributed by atoms with Crippen LogP contribution in [0.25, 0.3) is 21.6 Å². The molecule has 1 aliphatic heterocycles. The molecule has 0 spiro atoms. The van der Waals surface area contributed by atoms with E-state index in [1.165, 1.54) is 14.2 Å². The number of benzene rings is 1. The van der Waals surface area contributed by atoms with Crippen molar-refractivity contribution in [1.29, 1.82) is 0 Å². The summed E-state index contributed by atoms with van der Waals surface area (Å²) in [7, 11) is 2.87. The molecule has 176 valence electrons. The number of aromatic nitrogens is 2. The van der Waals surface area contributed by atoms with Gasteiger partial charge in [0.2, 0.25) is 0 Å². The number of pyridine rings is 1. The van der Waals surface area contributed by atoms with Gasteiger partial charge < -0.3 is 19.5 Å². The standard InChI is InChI=1S/C22H22F3N3O4S/c1-11-16(30-2)5-4-13-17(32-12-6-7-26-15(8-12)21(29)31-3)9-14(27-19(11)13)20-28-18(10-33-20)22(23,24)25/h4-5,9-10,12,15,26H,6-8H2,1-3H3/t12-,15-/m0/s1. The zero-order chi connectivity index (χ0) is 23.8. The van der Waals surface area contributed by atoms with Gasteiger partial charge in [-0.05, 0) is 32.0 Å². The molecule has 3 heterocycles. The lowest BCUT2D eigenvalue weighted by molar-refractivity contribution is -0.144. The summed E-state index contributed by atoms with van der Waals surface area (Å²) in [5.74, 6) is 0.687. The zero-order valence-electron chi connectivity index (χ0n) is 18.2. The number of rotatable bonds is 5. The van der Waals surface area contributed by atoms with Gasteiger partial charge in [-0.3, -0.25) is 4.79 Å². The van der Waals surface area contributed by atoms with Gasteiger partial charge in [-0.1, -0.05) is 0 Å². The Labute approximate surface area is 191 Å². The van der Waals surface area contributed by atoms with Crippen LogP contribution in [0.5, 0.6) is 11.5 Å². The predicted molar refractivity (Wildman–Crippen MR) is 117 cm³/mol. The van der Waals surface area contributed by atoms with Gasteiger partial charge >= 0.3 is 12.1 Å². The summed E-state index contributed by atoms with van der Waals surface area (Å²) in [6, 6.07) is 4.70. The number of piperidine rings is 1. The van der Waals surface area contributed by atoms with E-state index in [0.717, 1.165) is 22.3 Å². The van der Waals surface area contributed by atoms with Crippen LogP contribution in [-0.2, 0) is 15.7 Å². The smallest absolute Gasteiger partial charge is 0.434 e. The maximum Gasteiger partial charge on any atom is 0.434 e. The number of aryl methyl sites for hydroxylation is 1. The summed E-state index contributed by atoms with van der Waals surface area (Å²) in [5.41, 5.74) is 0.581. The van der Waals surface area contributed by atoms with Crippen molar-refractivity contribution in [2.75, 3.05) is 20.8 Å². The van der Waals surface area contributed by atoms with E-state index >= 15 is 0 Å². The molecule has 0 aliphatic carbocycles. The van der Waals surface area contributed by atoms with Crippen molar-refractivity contribution in [3.8, 4) is 22.2 Å². The number of hydrogen-bond donors (Lipinski definition) is 1. The van der Waals surface area contributed by atoms with E-state index in [1.807, 2.05) is 6.92 Å². The molecule has 1 aliphatic rings. The molecule has 7 nitrogen and oxygen atoms in total. The molecule has 0 radical (unpaired) electrons. The highest BCUT2D eigenvalue weighted by Crippen LogP contribution is 2.38. The topological polar surface area (TPSA) is 82.6 Å². The van der Waals surface area contributed by atoms with Crippen LogP contribution in [0.4, 0.5) is 13.2 Å². The van der Waals surface area contributed by atoms with Crippen LogP contribution >= 0.6 is 11.3 Å². The Morgan fingerprint density at radius 2 is 2.00 bits per heavy atom. The number of halogens is 3. The molecule has 0 bridgehead atoms. The highest BCUT2D eigenvalue weighted by molar-refractivity contribution is 7.13. The van der Waals surface area contributed by atoms with E-state index in [0.29, 0.717) is 41.8 Å². The molecule has 0 amide bonds. The Kier molecular flexibility index (Phi) is 6.44. The highest BCUT2D eigenvalue weighted by Gasteiger charge is 2.34. The van der Waals surface area contributed by atoms with Crippen molar-refractivity contribution in [2.24, 2.45) is 0 Å². The summed E-state index contributed by atoms with van der Waals surface area (Å²) >= 11 is 0.864. The van der Waals surface area contributed by atoms with Crippen LogP contribution in [0.2, 0.25) is 0 Å². The van der Waals surface area contributed by atoms with Gasteiger partial charge in [-0.2, -0.15) is 13.2 Å². The van der Waals surface area contributed by atoms with Crippen LogP contribution in [0.15, 0.2) is 23.6 Å². The number of methoxy groups -OCH3 is 2. The Morgan fingerprint density at radius 1 is 1.21 bits per heavy atom. The number of fused-ring (bicyclic) bond motifs is 1. The predicted octanol–water partition coefficient (Wildman–Crippen LogP) is 4.37. The first-order valence-corrected chi connectivity index (χ1v) is 11.1. The number of alkyl halides is 3. The van der Waals surface area contributed by atoms with E-state index in [4.69, 9.17) is 14.2 Å². The first kappa shape index (κ1) is 23.2. The molecule has 0 unspecified atom stereocenters. The minimum Gasteiger partial charge on any atom is -0.496 e. The Balaban J connectivity index is 1.77. The lowest BCUT2D eigenvalue weighted by Crippen LogP contribution is -2.47. The number of carbonyl (C=O) groups is 1. The molecule has 2 atom stereocenters. The van der Waals surface area contributed by atoms with E-state index < -0.39 is 17.9 Å². The number of nitrogens with zero attached hydrogens (tertiary/aromatic N) is 2. The maximum atomic E-state index is 13.1. The van der Waals surface area contributed by atoms with E-state index in [9.17, 15) is 18.0 Å². The number of nitrogens with one attached hydrogen (secondary N) is 1. The van der Waals surface area contributed by atoms with Crippen LogP contribution in [0.3, 0.4) is 0 Å². The van der Waals surface area contributed by atoms with Gasteiger partial charge in [0.1, 0.15) is 34.3 Å². The number of thiazole rings is 1. The first-order chi connectivity index (χ1) is 15.7. The van der Waals surface area contributed by atoms with Crippen molar-refractivity contribution in [3.63, 3.8) is 0 Å². The number of esters is 1. The Morgan fingerprint density at radius 3 is 2.67 bits per heavy atom. The van der Waals surface area contributed by atoms with Gasteiger partial charge in [-0.15, -0.1) is 11.3 Å². The number of hydrogen-bond acceptors (Lipinski definition) is 8. The molecule has 1 fully saturated rings. The van der Waals surface area contributed by atoms with Crippen molar-refractivity contribution >= 4 is 28.2 Å². The Hall–Kier alpha value is -2.92. The third-order valence-electron chi connectivity index (χ3n) is 5.52. The summed E-state index contributed by atoms with van der Waals surface area (Å²) < 4.78 is 55.8. The summed E-state index contributed by atoms with van der Waals surface area (Å²) in [6.45, 7) is 2.39. The second kappa shape index (κ2) is 9.14. The van der Waals surface area contributed by atoms with Crippen LogP contribution in [-0.4, -0.2) is 48.8 Å². The molecule has 0 saturated carbocycles. The second-order valence-corrected chi connectivity index (χ2v) is 8.48.